The lowest BCUT2D eigenvalue weighted by Gasteiger charge is -2.47. The molecule has 106 valence electrons. The fourth-order valence-electron chi connectivity index (χ4n) is 2.59. The van der Waals surface area contributed by atoms with Gasteiger partial charge < -0.3 is 5.32 Å². The quantitative estimate of drug-likeness (QED) is 0.726. The molecule has 18 heavy (non-hydrogen) atoms. The van der Waals surface area contributed by atoms with Gasteiger partial charge in [0, 0.05) is 58.1 Å². The van der Waals surface area contributed by atoms with Gasteiger partial charge in [0.25, 0.3) is 0 Å². The average molecular weight is 275 g/mol. The zero-order valence-corrected chi connectivity index (χ0v) is 12.5. The van der Waals surface area contributed by atoms with Crippen LogP contribution in [0.1, 0.15) is 13.8 Å². The lowest BCUT2D eigenvalue weighted by molar-refractivity contribution is 0.0136. The molecule has 5 nitrogen and oxygen atoms in total. The van der Waals surface area contributed by atoms with E-state index in [2.05, 4.69) is 15.1 Å². The van der Waals surface area contributed by atoms with Crippen LogP contribution in [-0.2, 0) is 9.84 Å². The van der Waals surface area contributed by atoms with Crippen LogP contribution >= 0.6 is 0 Å². The largest absolute Gasteiger partial charge is 0.314 e. The molecule has 3 aliphatic rings. The summed E-state index contributed by atoms with van der Waals surface area (Å²) in [5.41, 5.74) is 0. The summed E-state index contributed by atoms with van der Waals surface area (Å²) in [6, 6.07) is 0.544. The predicted molar refractivity (Wildman–Crippen MR) is 73.6 cm³/mol. The number of nitrogens with one attached hydrogen (secondary N) is 1. The van der Waals surface area contributed by atoms with E-state index in [1.807, 2.05) is 0 Å². The van der Waals surface area contributed by atoms with Crippen molar-refractivity contribution in [2.24, 2.45) is 0 Å². The standard InChI is InChI=1S/C12H25N3O2S/c1-12(2,18(3,16)17)10-13-8-11-9-14-4-6-15(11)7-5-14/h11,13H,4-10H2,1-3H3. The Kier molecular flexibility index (Phi) is 4.02. The van der Waals surface area contributed by atoms with E-state index in [1.54, 1.807) is 13.8 Å². The summed E-state index contributed by atoms with van der Waals surface area (Å²) in [5.74, 6) is 0. The van der Waals surface area contributed by atoms with Gasteiger partial charge in [0.15, 0.2) is 9.84 Å². The maximum atomic E-state index is 11.6. The zero-order chi connectivity index (χ0) is 13.4. The molecule has 0 aromatic rings. The van der Waals surface area contributed by atoms with E-state index in [0.29, 0.717) is 12.6 Å². The summed E-state index contributed by atoms with van der Waals surface area (Å²) >= 11 is 0. The summed E-state index contributed by atoms with van der Waals surface area (Å²) in [6.07, 6.45) is 1.31. The van der Waals surface area contributed by atoms with Gasteiger partial charge in [0.1, 0.15) is 0 Å². The van der Waals surface area contributed by atoms with Crippen LogP contribution in [0.2, 0.25) is 0 Å². The molecule has 1 atom stereocenters. The van der Waals surface area contributed by atoms with Gasteiger partial charge in [-0.1, -0.05) is 0 Å². The molecule has 3 heterocycles. The van der Waals surface area contributed by atoms with E-state index in [9.17, 15) is 8.42 Å². The molecule has 2 bridgehead atoms. The minimum absolute atomic E-state index is 0.524. The van der Waals surface area contributed by atoms with Crippen LogP contribution in [0.15, 0.2) is 0 Å². The molecule has 0 aromatic carbocycles. The molecule has 0 radical (unpaired) electrons. The summed E-state index contributed by atoms with van der Waals surface area (Å²) in [5, 5.41) is 3.34. The molecular weight excluding hydrogens is 250 g/mol. The van der Waals surface area contributed by atoms with Gasteiger partial charge in [-0.2, -0.15) is 0 Å². The smallest absolute Gasteiger partial charge is 0.153 e. The lowest BCUT2D eigenvalue weighted by Crippen LogP contribution is -2.63. The van der Waals surface area contributed by atoms with Crippen molar-refractivity contribution in [2.45, 2.75) is 24.6 Å². The molecule has 6 heteroatoms. The SMILES string of the molecule is CC(C)(CNCC1CN2CCN1CC2)S(C)(=O)=O. The molecule has 0 aromatic heterocycles. The van der Waals surface area contributed by atoms with Gasteiger partial charge in [-0.25, -0.2) is 8.42 Å². The zero-order valence-electron chi connectivity index (χ0n) is 11.6. The lowest BCUT2D eigenvalue weighted by atomic mass is 10.1. The van der Waals surface area contributed by atoms with Crippen LogP contribution in [0, 0.1) is 0 Å². The third kappa shape index (κ3) is 3.04. The molecule has 1 unspecified atom stereocenters. The van der Waals surface area contributed by atoms with Crippen LogP contribution in [0.5, 0.6) is 0 Å². The number of hydrogen-bond acceptors (Lipinski definition) is 5. The molecule has 3 rings (SSSR count). The third-order valence-electron chi connectivity index (χ3n) is 4.33. The van der Waals surface area contributed by atoms with Gasteiger partial charge in [0.2, 0.25) is 0 Å². The number of piperazine rings is 3. The second-order valence-electron chi connectivity index (χ2n) is 6.15. The van der Waals surface area contributed by atoms with Gasteiger partial charge in [-0.15, -0.1) is 0 Å². The van der Waals surface area contributed by atoms with Crippen molar-refractivity contribution in [3.05, 3.63) is 0 Å². The van der Waals surface area contributed by atoms with Crippen molar-refractivity contribution in [2.75, 3.05) is 52.1 Å². The highest BCUT2D eigenvalue weighted by molar-refractivity contribution is 7.92. The summed E-state index contributed by atoms with van der Waals surface area (Å²) < 4.78 is 22.5. The normalized spacial score (nSPS) is 32.7. The fourth-order valence-corrected chi connectivity index (χ4v) is 2.95. The number of nitrogens with zero attached hydrogens (tertiary/aromatic N) is 2. The maximum absolute atomic E-state index is 11.6. The van der Waals surface area contributed by atoms with E-state index in [-0.39, 0.29) is 0 Å². The second kappa shape index (κ2) is 5.07. The average Bonchev–Trinajstić information content (AvgIpc) is 2.29. The second-order valence-corrected chi connectivity index (χ2v) is 8.80. The Labute approximate surface area is 110 Å². The van der Waals surface area contributed by atoms with Crippen molar-refractivity contribution in [3.63, 3.8) is 0 Å². The minimum atomic E-state index is -3.00. The Balaban J connectivity index is 1.79. The van der Waals surface area contributed by atoms with E-state index in [4.69, 9.17) is 0 Å². The first-order valence-electron chi connectivity index (χ1n) is 6.66. The number of hydrogen-bond donors (Lipinski definition) is 1. The van der Waals surface area contributed by atoms with Crippen molar-refractivity contribution >= 4 is 9.84 Å². The molecule has 0 spiro atoms. The molecule has 3 fully saturated rings. The monoisotopic (exact) mass is 275 g/mol. The maximum Gasteiger partial charge on any atom is 0.153 e. The van der Waals surface area contributed by atoms with Crippen LogP contribution < -0.4 is 5.32 Å². The van der Waals surface area contributed by atoms with Crippen LogP contribution in [-0.4, -0.2) is 81.1 Å². The van der Waals surface area contributed by atoms with E-state index in [1.165, 1.54) is 19.3 Å². The topological polar surface area (TPSA) is 52.6 Å². The van der Waals surface area contributed by atoms with Gasteiger partial charge in [-0.3, -0.25) is 9.80 Å². The first-order valence-corrected chi connectivity index (χ1v) is 8.55. The fraction of sp³-hybridized carbons (Fsp3) is 1.00. The van der Waals surface area contributed by atoms with E-state index >= 15 is 0 Å². The number of sulfone groups is 1. The van der Waals surface area contributed by atoms with Crippen molar-refractivity contribution in [1.29, 1.82) is 0 Å². The predicted octanol–water partition coefficient (Wildman–Crippen LogP) is -0.601. The molecule has 3 aliphatic heterocycles. The first kappa shape index (κ1) is 14.2. The van der Waals surface area contributed by atoms with Gasteiger partial charge in [0.05, 0.1) is 4.75 Å². The number of rotatable bonds is 5. The van der Waals surface area contributed by atoms with E-state index < -0.39 is 14.6 Å². The van der Waals surface area contributed by atoms with Crippen molar-refractivity contribution in [1.82, 2.24) is 15.1 Å². The third-order valence-corrected chi connectivity index (χ3v) is 6.48. The molecule has 1 N–H and O–H groups in total. The highest BCUT2D eigenvalue weighted by atomic mass is 32.2. The van der Waals surface area contributed by atoms with Crippen molar-refractivity contribution in [3.8, 4) is 0 Å². The Morgan fingerprint density at radius 1 is 1.22 bits per heavy atom. The Bertz CT molecular complexity index is 386. The summed E-state index contributed by atoms with van der Waals surface area (Å²) in [7, 11) is -3.00. The van der Waals surface area contributed by atoms with Crippen LogP contribution in [0.25, 0.3) is 0 Å². The highest BCUT2D eigenvalue weighted by Gasteiger charge is 2.33. The van der Waals surface area contributed by atoms with Crippen molar-refractivity contribution < 1.29 is 8.42 Å². The molecule has 0 aliphatic carbocycles. The summed E-state index contributed by atoms with van der Waals surface area (Å²) in [4.78, 5) is 5.01. The highest BCUT2D eigenvalue weighted by Crippen LogP contribution is 2.16. The Morgan fingerprint density at radius 2 is 1.83 bits per heavy atom. The Hall–Kier alpha value is -0.170. The molecular formula is C12H25N3O2S. The Morgan fingerprint density at radius 3 is 2.28 bits per heavy atom. The molecule has 0 amide bonds. The summed E-state index contributed by atoms with van der Waals surface area (Å²) in [6.45, 7) is 10.8. The van der Waals surface area contributed by atoms with Gasteiger partial charge >= 0.3 is 0 Å². The number of fused-ring (bicyclic) bond motifs is 3. The minimum Gasteiger partial charge on any atom is -0.314 e. The van der Waals surface area contributed by atoms with Gasteiger partial charge in [-0.05, 0) is 13.8 Å². The first-order chi connectivity index (χ1) is 8.29. The van der Waals surface area contributed by atoms with Crippen LogP contribution in [0.3, 0.4) is 0 Å². The molecule has 3 saturated heterocycles. The van der Waals surface area contributed by atoms with Crippen LogP contribution in [0.4, 0.5) is 0 Å². The molecule has 0 saturated carbocycles. The van der Waals surface area contributed by atoms with E-state index in [0.717, 1.165) is 26.2 Å².